The molecule has 136 valence electrons. The van der Waals surface area contributed by atoms with Crippen molar-refractivity contribution < 1.29 is 9.53 Å². The maximum Gasteiger partial charge on any atom is 0.244 e. The van der Waals surface area contributed by atoms with Gasteiger partial charge in [-0.3, -0.25) is 4.79 Å². The minimum absolute atomic E-state index is 0.0543. The SMILES string of the molecule is CC(NC(=O)C=Cc1ccccc1)c1cccc(N2CCO[C@@H](C)C2)c1. The van der Waals surface area contributed by atoms with Gasteiger partial charge in [-0.25, -0.2) is 0 Å². The van der Waals surface area contributed by atoms with Crippen LogP contribution in [0.15, 0.2) is 60.7 Å². The number of nitrogens with one attached hydrogen (secondary N) is 1. The Kier molecular flexibility index (Phi) is 6.08. The minimum atomic E-state index is -0.0910. The van der Waals surface area contributed by atoms with Gasteiger partial charge in [0.2, 0.25) is 5.91 Å². The van der Waals surface area contributed by atoms with Crippen LogP contribution in [0, 0.1) is 0 Å². The van der Waals surface area contributed by atoms with Crippen LogP contribution in [0.5, 0.6) is 0 Å². The summed E-state index contributed by atoms with van der Waals surface area (Å²) in [6.45, 7) is 6.65. The fourth-order valence-electron chi connectivity index (χ4n) is 3.12. The molecular weight excluding hydrogens is 324 g/mol. The molecule has 0 radical (unpaired) electrons. The molecule has 1 N–H and O–H groups in total. The lowest BCUT2D eigenvalue weighted by Crippen LogP contribution is -2.41. The van der Waals surface area contributed by atoms with E-state index in [1.54, 1.807) is 6.08 Å². The van der Waals surface area contributed by atoms with Crippen molar-refractivity contribution >= 4 is 17.7 Å². The molecule has 0 bridgehead atoms. The van der Waals surface area contributed by atoms with Crippen molar-refractivity contribution in [3.8, 4) is 0 Å². The van der Waals surface area contributed by atoms with Gasteiger partial charge in [-0.05, 0) is 43.2 Å². The van der Waals surface area contributed by atoms with Crippen LogP contribution in [0.3, 0.4) is 0 Å². The largest absolute Gasteiger partial charge is 0.375 e. The topological polar surface area (TPSA) is 41.6 Å². The Balaban J connectivity index is 1.62. The number of hydrogen-bond acceptors (Lipinski definition) is 3. The third kappa shape index (κ3) is 4.96. The molecule has 0 spiro atoms. The van der Waals surface area contributed by atoms with Crippen LogP contribution >= 0.6 is 0 Å². The van der Waals surface area contributed by atoms with Crippen LogP contribution in [0.2, 0.25) is 0 Å². The predicted octanol–water partition coefficient (Wildman–Crippen LogP) is 3.80. The molecule has 1 unspecified atom stereocenters. The Morgan fingerprint density at radius 3 is 2.81 bits per heavy atom. The summed E-state index contributed by atoms with van der Waals surface area (Å²) in [7, 11) is 0. The van der Waals surface area contributed by atoms with Crippen LogP contribution in [0.25, 0.3) is 6.08 Å². The van der Waals surface area contributed by atoms with Crippen LogP contribution < -0.4 is 10.2 Å². The molecule has 2 aromatic carbocycles. The second kappa shape index (κ2) is 8.68. The van der Waals surface area contributed by atoms with E-state index in [-0.39, 0.29) is 18.1 Å². The lowest BCUT2D eigenvalue weighted by Gasteiger charge is -2.33. The molecular formula is C22H26N2O2. The highest BCUT2D eigenvalue weighted by Crippen LogP contribution is 2.22. The number of rotatable bonds is 5. The maximum atomic E-state index is 12.2. The Bertz CT molecular complexity index is 758. The molecule has 0 aliphatic carbocycles. The van der Waals surface area contributed by atoms with Crippen molar-refractivity contribution in [3.05, 3.63) is 71.8 Å². The van der Waals surface area contributed by atoms with E-state index < -0.39 is 0 Å². The zero-order valence-corrected chi connectivity index (χ0v) is 15.4. The summed E-state index contributed by atoms with van der Waals surface area (Å²) in [5.74, 6) is -0.0910. The molecule has 1 aliphatic rings. The van der Waals surface area contributed by atoms with E-state index in [1.165, 1.54) is 5.69 Å². The number of carbonyl (C=O) groups is 1. The molecule has 1 fully saturated rings. The summed E-state index contributed by atoms with van der Waals surface area (Å²) in [6, 6.07) is 18.1. The lowest BCUT2D eigenvalue weighted by molar-refractivity contribution is -0.117. The van der Waals surface area contributed by atoms with Crippen LogP contribution in [-0.4, -0.2) is 31.7 Å². The second-order valence-corrected chi connectivity index (χ2v) is 6.70. The zero-order chi connectivity index (χ0) is 18.4. The summed E-state index contributed by atoms with van der Waals surface area (Å²) in [5, 5.41) is 3.04. The fourth-order valence-corrected chi connectivity index (χ4v) is 3.12. The summed E-state index contributed by atoms with van der Waals surface area (Å²) >= 11 is 0. The van der Waals surface area contributed by atoms with Crippen LogP contribution in [0.4, 0.5) is 5.69 Å². The highest BCUT2D eigenvalue weighted by Gasteiger charge is 2.18. The summed E-state index contributed by atoms with van der Waals surface area (Å²) in [6.07, 6.45) is 3.65. The predicted molar refractivity (Wildman–Crippen MR) is 106 cm³/mol. The van der Waals surface area contributed by atoms with E-state index in [9.17, 15) is 4.79 Å². The Hall–Kier alpha value is -2.59. The Morgan fingerprint density at radius 2 is 2.04 bits per heavy atom. The highest BCUT2D eigenvalue weighted by molar-refractivity contribution is 5.91. The monoisotopic (exact) mass is 350 g/mol. The highest BCUT2D eigenvalue weighted by atomic mass is 16.5. The van der Waals surface area contributed by atoms with Crippen LogP contribution in [0.1, 0.15) is 31.0 Å². The van der Waals surface area contributed by atoms with Gasteiger partial charge in [0.1, 0.15) is 0 Å². The van der Waals surface area contributed by atoms with Gasteiger partial charge in [0, 0.05) is 24.9 Å². The quantitative estimate of drug-likeness (QED) is 0.834. The Morgan fingerprint density at radius 1 is 1.23 bits per heavy atom. The molecule has 4 heteroatoms. The summed E-state index contributed by atoms with van der Waals surface area (Å²) in [4.78, 5) is 14.5. The van der Waals surface area contributed by atoms with Gasteiger partial charge in [0.15, 0.2) is 0 Å². The smallest absolute Gasteiger partial charge is 0.244 e. The third-order valence-electron chi connectivity index (χ3n) is 4.56. The second-order valence-electron chi connectivity index (χ2n) is 6.70. The normalized spacial score (nSPS) is 18.7. The standard InChI is InChI=1S/C22H26N2O2/c1-17-16-24(13-14-26-17)21-10-6-9-20(15-21)18(2)23-22(25)12-11-19-7-4-3-5-8-19/h3-12,15,17-18H,13-14,16H2,1-2H3,(H,23,25)/t17-,18?/m0/s1. The van der Waals surface area contributed by atoms with Gasteiger partial charge in [0.25, 0.3) is 0 Å². The first-order chi connectivity index (χ1) is 12.6. The molecule has 26 heavy (non-hydrogen) atoms. The first-order valence-electron chi connectivity index (χ1n) is 9.12. The van der Waals surface area contributed by atoms with Crippen molar-refractivity contribution in [2.24, 2.45) is 0 Å². The third-order valence-corrected chi connectivity index (χ3v) is 4.56. The van der Waals surface area contributed by atoms with Gasteiger partial charge in [0.05, 0.1) is 18.8 Å². The first kappa shape index (κ1) is 18.2. The van der Waals surface area contributed by atoms with E-state index in [1.807, 2.05) is 49.4 Å². The van der Waals surface area contributed by atoms with Gasteiger partial charge in [-0.2, -0.15) is 0 Å². The molecule has 1 aliphatic heterocycles. The summed E-state index contributed by atoms with van der Waals surface area (Å²) < 4.78 is 5.62. The number of ether oxygens (including phenoxy) is 1. The van der Waals surface area contributed by atoms with E-state index in [0.29, 0.717) is 0 Å². The maximum absolute atomic E-state index is 12.2. The first-order valence-corrected chi connectivity index (χ1v) is 9.12. The van der Waals surface area contributed by atoms with Gasteiger partial charge < -0.3 is 15.0 Å². The van der Waals surface area contributed by atoms with E-state index in [0.717, 1.165) is 30.8 Å². The molecule has 1 heterocycles. The van der Waals surface area contributed by atoms with Crippen LogP contribution in [-0.2, 0) is 9.53 Å². The molecule has 4 nitrogen and oxygen atoms in total. The molecule has 1 saturated heterocycles. The zero-order valence-electron chi connectivity index (χ0n) is 15.4. The van der Waals surface area contributed by atoms with Crippen molar-refractivity contribution in [2.75, 3.05) is 24.6 Å². The average molecular weight is 350 g/mol. The molecule has 2 aromatic rings. The van der Waals surface area contributed by atoms with Crippen molar-refractivity contribution in [1.29, 1.82) is 0 Å². The number of morpholine rings is 1. The molecule has 1 amide bonds. The number of nitrogens with zero attached hydrogens (tertiary/aromatic N) is 1. The molecule has 0 aromatic heterocycles. The molecule has 0 saturated carbocycles. The molecule has 2 atom stereocenters. The minimum Gasteiger partial charge on any atom is -0.375 e. The van der Waals surface area contributed by atoms with Crippen molar-refractivity contribution in [1.82, 2.24) is 5.32 Å². The van der Waals surface area contributed by atoms with Gasteiger partial charge in [-0.1, -0.05) is 42.5 Å². The molecule has 3 rings (SSSR count). The Labute approximate surface area is 155 Å². The van der Waals surface area contributed by atoms with E-state index in [4.69, 9.17) is 4.74 Å². The van der Waals surface area contributed by atoms with E-state index in [2.05, 4.69) is 35.3 Å². The van der Waals surface area contributed by atoms with E-state index >= 15 is 0 Å². The van der Waals surface area contributed by atoms with Crippen molar-refractivity contribution in [3.63, 3.8) is 0 Å². The average Bonchev–Trinajstić information content (AvgIpc) is 2.67. The van der Waals surface area contributed by atoms with Crippen molar-refractivity contribution in [2.45, 2.75) is 26.0 Å². The van der Waals surface area contributed by atoms with Gasteiger partial charge >= 0.3 is 0 Å². The summed E-state index contributed by atoms with van der Waals surface area (Å²) in [5.41, 5.74) is 3.29. The van der Waals surface area contributed by atoms with Gasteiger partial charge in [-0.15, -0.1) is 0 Å². The lowest BCUT2D eigenvalue weighted by atomic mass is 10.1. The number of carbonyl (C=O) groups excluding carboxylic acids is 1. The number of amides is 1. The number of anilines is 1. The number of benzene rings is 2. The fraction of sp³-hybridized carbons (Fsp3) is 0.318. The number of hydrogen-bond donors (Lipinski definition) is 1.